The Balaban J connectivity index is 1.77. The molecule has 1 amide bonds. The van der Waals surface area contributed by atoms with Crippen LogP contribution in [0.3, 0.4) is 0 Å². The summed E-state index contributed by atoms with van der Waals surface area (Å²) in [6.07, 6.45) is 0.861. The molecule has 1 atom stereocenters. The first-order chi connectivity index (χ1) is 16.0. The Morgan fingerprint density at radius 1 is 0.970 bits per heavy atom. The molecule has 1 aromatic heterocycles. The van der Waals surface area contributed by atoms with Crippen LogP contribution in [0.5, 0.6) is 5.75 Å². The molecule has 1 unspecified atom stereocenters. The lowest BCUT2D eigenvalue weighted by Gasteiger charge is -2.25. The molecule has 0 aliphatic carbocycles. The average Bonchev–Trinajstić information content (AvgIpc) is 3.11. The van der Waals surface area contributed by atoms with Crippen LogP contribution in [-0.2, 0) is 0 Å². The van der Waals surface area contributed by atoms with Crippen molar-refractivity contribution in [3.63, 3.8) is 0 Å². The molecule has 33 heavy (non-hydrogen) atoms. The topological polar surface area (TPSA) is 59.8 Å². The predicted molar refractivity (Wildman–Crippen MR) is 130 cm³/mol. The van der Waals surface area contributed by atoms with Gasteiger partial charge in [0.15, 0.2) is 5.43 Å². The third-order valence-corrected chi connectivity index (χ3v) is 6.04. The zero-order valence-corrected chi connectivity index (χ0v) is 19.2. The number of halogens is 2. The molecule has 0 fully saturated rings. The van der Waals surface area contributed by atoms with E-state index < -0.39 is 11.9 Å². The molecule has 0 N–H and O–H groups in total. The molecule has 0 spiro atoms. The fourth-order valence-corrected chi connectivity index (χ4v) is 4.50. The number of amides is 1. The van der Waals surface area contributed by atoms with E-state index in [9.17, 15) is 9.59 Å². The van der Waals surface area contributed by atoms with Crippen molar-refractivity contribution in [1.82, 2.24) is 0 Å². The SMILES string of the molecule is CCCOc1cccc(C2c3c(oc4ccc(Cl)cc4c3=O)C(=O)N2c2cccc(Cl)c2)c1. The van der Waals surface area contributed by atoms with Crippen LogP contribution in [0.2, 0.25) is 10.0 Å². The van der Waals surface area contributed by atoms with Gasteiger partial charge in [-0.15, -0.1) is 0 Å². The van der Waals surface area contributed by atoms with Gasteiger partial charge in [0.2, 0.25) is 5.76 Å². The molecule has 2 heterocycles. The van der Waals surface area contributed by atoms with E-state index in [-0.39, 0.29) is 16.8 Å². The molecule has 1 aliphatic rings. The van der Waals surface area contributed by atoms with Crippen LogP contribution in [-0.4, -0.2) is 12.5 Å². The first-order valence-electron chi connectivity index (χ1n) is 10.6. The van der Waals surface area contributed by atoms with Crippen LogP contribution in [0, 0.1) is 0 Å². The van der Waals surface area contributed by atoms with E-state index in [1.54, 1.807) is 47.4 Å². The van der Waals surface area contributed by atoms with E-state index in [4.69, 9.17) is 32.4 Å². The number of ether oxygens (including phenoxy) is 1. The van der Waals surface area contributed by atoms with Gasteiger partial charge >= 0.3 is 0 Å². The van der Waals surface area contributed by atoms with E-state index >= 15 is 0 Å². The molecule has 5 rings (SSSR count). The number of carbonyl (C=O) groups is 1. The van der Waals surface area contributed by atoms with E-state index in [0.717, 1.165) is 12.0 Å². The Hall–Kier alpha value is -3.28. The van der Waals surface area contributed by atoms with Crippen molar-refractivity contribution in [2.45, 2.75) is 19.4 Å². The Morgan fingerprint density at radius 2 is 1.76 bits per heavy atom. The number of rotatable bonds is 5. The van der Waals surface area contributed by atoms with Gasteiger partial charge in [0.1, 0.15) is 11.3 Å². The lowest BCUT2D eigenvalue weighted by molar-refractivity contribution is 0.0971. The smallest absolute Gasteiger partial charge is 0.295 e. The molecule has 3 aromatic carbocycles. The molecule has 0 bridgehead atoms. The Morgan fingerprint density at radius 3 is 2.55 bits per heavy atom. The van der Waals surface area contributed by atoms with Gasteiger partial charge in [-0.05, 0) is 60.5 Å². The second-order valence-electron chi connectivity index (χ2n) is 7.79. The number of nitrogens with zero attached hydrogens (tertiary/aromatic N) is 1. The standard InChI is InChI=1S/C26H19Cl2NO4/c1-2-11-32-19-8-3-5-15(12-19)23-22-24(30)20-14-17(28)9-10-21(20)33-25(22)26(31)29(23)18-7-4-6-16(27)13-18/h3-10,12-14,23H,2,11H2,1H3. The Labute approximate surface area is 200 Å². The summed E-state index contributed by atoms with van der Waals surface area (Å²) in [7, 11) is 0. The zero-order chi connectivity index (χ0) is 23.1. The van der Waals surface area contributed by atoms with Gasteiger partial charge < -0.3 is 9.15 Å². The minimum absolute atomic E-state index is 0.0136. The van der Waals surface area contributed by atoms with Gasteiger partial charge in [0.05, 0.1) is 23.6 Å². The van der Waals surface area contributed by atoms with Crippen molar-refractivity contribution >= 4 is 45.8 Å². The fraction of sp³-hybridized carbons (Fsp3) is 0.154. The summed E-state index contributed by atoms with van der Waals surface area (Å²) in [6, 6.07) is 18.4. The van der Waals surface area contributed by atoms with E-state index in [2.05, 4.69) is 0 Å². The summed E-state index contributed by atoms with van der Waals surface area (Å²) in [6.45, 7) is 2.59. The minimum atomic E-state index is -0.712. The van der Waals surface area contributed by atoms with Crippen molar-refractivity contribution in [2.24, 2.45) is 0 Å². The third-order valence-electron chi connectivity index (χ3n) is 5.57. The molecule has 0 saturated carbocycles. The quantitative estimate of drug-likeness (QED) is 0.321. The van der Waals surface area contributed by atoms with Gasteiger partial charge in [-0.1, -0.05) is 48.3 Å². The summed E-state index contributed by atoms with van der Waals surface area (Å²) >= 11 is 12.4. The van der Waals surface area contributed by atoms with Gasteiger partial charge in [0.25, 0.3) is 5.91 Å². The molecule has 1 aliphatic heterocycles. The largest absolute Gasteiger partial charge is 0.494 e. The fourth-order valence-electron chi connectivity index (χ4n) is 4.15. The average molecular weight is 480 g/mol. The number of benzene rings is 3. The van der Waals surface area contributed by atoms with E-state index in [1.165, 1.54) is 0 Å². The molecule has 0 radical (unpaired) electrons. The maximum atomic E-state index is 13.6. The van der Waals surface area contributed by atoms with Crippen LogP contribution >= 0.6 is 23.2 Å². The Bertz CT molecular complexity index is 1450. The molecule has 7 heteroatoms. The number of carbonyl (C=O) groups excluding carboxylic acids is 1. The third kappa shape index (κ3) is 3.77. The highest BCUT2D eigenvalue weighted by molar-refractivity contribution is 6.31. The van der Waals surface area contributed by atoms with Crippen molar-refractivity contribution in [2.75, 3.05) is 11.5 Å². The number of anilines is 1. The molecule has 166 valence electrons. The van der Waals surface area contributed by atoms with Gasteiger partial charge in [0, 0.05) is 15.7 Å². The van der Waals surface area contributed by atoms with Gasteiger partial charge in [-0.25, -0.2) is 0 Å². The lowest BCUT2D eigenvalue weighted by atomic mass is 9.98. The summed E-state index contributed by atoms with van der Waals surface area (Å²) in [5.74, 6) is 0.264. The maximum absolute atomic E-state index is 13.6. The van der Waals surface area contributed by atoms with Crippen molar-refractivity contribution < 1.29 is 13.9 Å². The maximum Gasteiger partial charge on any atom is 0.295 e. The zero-order valence-electron chi connectivity index (χ0n) is 17.7. The lowest BCUT2D eigenvalue weighted by Crippen LogP contribution is -2.29. The van der Waals surface area contributed by atoms with Gasteiger partial charge in [-0.3, -0.25) is 14.5 Å². The van der Waals surface area contributed by atoms with Crippen LogP contribution in [0.25, 0.3) is 11.0 Å². The number of fused-ring (bicyclic) bond motifs is 2. The van der Waals surface area contributed by atoms with Crippen LogP contribution in [0.4, 0.5) is 5.69 Å². The molecule has 0 saturated heterocycles. The highest BCUT2D eigenvalue weighted by Gasteiger charge is 2.43. The normalized spacial score (nSPS) is 15.2. The van der Waals surface area contributed by atoms with Crippen molar-refractivity contribution in [1.29, 1.82) is 0 Å². The molecule has 5 nitrogen and oxygen atoms in total. The first kappa shape index (κ1) is 21.6. The molecule has 4 aromatic rings. The Kier molecular flexibility index (Phi) is 5.60. The minimum Gasteiger partial charge on any atom is -0.494 e. The second-order valence-corrected chi connectivity index (χ2v) is 8.67. The van der Waals surface area contributed by atoms with Gasteiger partial charge in [-0.2, -0.15) is 0 Å². The van der Waals surface area contributed by atoms with Crippen molar-refractivity contribution in [3.05, 3.63) is 104 Å². The van der Waals surface area contributed by atoms with Crippen LogP contribution < -0.4 is 15.1 Å². The first-order valence-corrected chi connectivity index (χ1v) is 11.3. The predicted octanol–water partition coefficient (Wildman–Crippen LogP) is 6.64. The highest BCUT2D eigenvalue weighted by Crippen LogP contribution is 2.42. The highest BCUT2D eigenvalue weighted by atomic mass is 35.5. The molecular weight excluding hydrogens is 461 g/mol. The van der Waals surface area contributed by atoms with E-state index in [1.807, 2.05) is 31.2 Å². The van der Waals surface area contributed by atoms with E-state index in [0.29, 0.717) is 39.1 Å². The van der Waals surface area contributed by atoms with Crippen LogP contribution in [0.1, 0.15) is 41.1 Å². The second kappa shape index (κ2) is 8.58. The van der Waals surface area contributed by atoms with Crippen molar-refractivity contribution in [3.8, 4) is 5.75 Å². The summed E-state index contributed by atoms with van der Waals surface area (Å²) in [4.78, 5) is 28.8. The molecular formula is C26H19Cl2NO4. The summed E-state index contributed by atoms with van der Waals surface area (Å²) in [5, 5.41) is 1.22. The monoisotopic (exact) mass is 479 g/mol. The van der Waals surface area contributed by atoms with Crippen LogP contribution in [0.15, 0.2) is 75.9 Å². The number of hydrogen-bond donors (Lipinski definition) is 0. The summed E-state index contributed by atoms with van der Waals surface area (Å²) in [5.41, 5.74) is 1.57. The number of hydrogen-bond acceptors (Lipinski definition) is 4. The summed E-state index contributed by atoms with van der Waals surface area (Å²) < 4.78 is 11.8.